The molecule has 0 aliphatic rings. The van der Waals surface area contributed by atoms with Gasteiger partial charge < -0.3 is 19.5 Å². The average molecular weight is 225 g/mol. The summed E-state index contributed by atoms with van der Waals surface area (Å²) in [4.78, 5) is 0. The van der Waals surface area contributed by atoms with Gasteiger partial charge in [0.15, 0.2) is 11.5 Å². The molecule has 0 bridgehead atoms. The highest BCUT2D eigenvalue weighted by Gasteiger charge is 2.12. The Bertz CT molecular complexity index is 314. The van der Waals surface area contributed by atoms with Gasteiger partial charge in [0.2, 0.25) is 5.75 Å². The minimum atomic E-state index is 0.630. The summed E-state index contributed by atoms with van der Waals surface area (Å²) < 4.78 is 15.8. The van der Waals surface area contributed by atoms with Crippen LogP contribution in [-0.2, 0) is 6.54 Å². The monoisotopic (exact) mass is 225 g/mol. The van der Waals surface area contributed by atoms with Gasteiger partial charge in [-0.05, 0) is 24.2 Å². The van der Waals surface area contributed by atoms with Crippen LogP contribution in [-0.4, -0.2) is 27.9 Å². The van der Waals surface area contributed by atoms with Crippen LogP contribution in [0.25, 0.3) is 0 Å². The van der Waals surface area contributed by atoms with Gasteiger partial charge in [-0.3, -0.25) is 0 Å². The summed E-state index contributed by atoms with van der Waals surface area (Å²) in [6.07, 6.45) is 0. The van der Waals surface area contributed by atoms with Gasteiger partial charge in [-0.1, -0.05) is 6.92 Å². The molecule has 0 saturated carbocycles. The molecule has 0 aliphatic carbocycles. The predicted molar refractivity (Wildman–Crippen MR) is 63.5 cm³/mol. The van der Waals surface area contributed by atoms with Gasteiger partial charge >= 0.3 is 0 Å². The smallest absolute Gasteiger partial charge is 0.203 e. The molecule has 0 unspecified atom stereocenters. The van der Waals surface area contributed by atoms with Crippen molar-refractivity contribution in [3.63, 3.8) is 0 Å². The summed E-state index contributed by atoms with van der Waals surface area (Å²) >= 11 is 0. The summed E-state index contributed by atoms with van der Waals surface area (Å²) in [5.74, 6) is 2.01. The number of ether oxygens (including phenoxy) is 3. The second-order valence-corrected chi connectivity index (χ2v) is 3.31. The summed E-state index contributed by atoms with van der Waals surface area (Å²) in [6.45, 7) is 3.78. The van der Waals surface area contributed by atoms with E-state index < -0.39 is 0 Å². The van der Waals surface area contributed by atoms with E-state index in [0.717, 1.165) is 18.7 Å². The van der Waals surface area contributed by atoms with Gasteiger partial charge in [0.05, 0.1) is 21.3 Å². The van der Waals surface area contributed by atoms with E-state index in [1.807, 2.05) is 12.1 Å². The molecular weight excluding hydrogens is 206 g/mol. The molecule has 4 nitrogen and oxygen atoms in total. The van der Waals surface area contributed by atoms with Crippen LogP contribution in [0.2, 0.25) is 0 Å². The highest BCUT2D eigenvalue weighted by Crippen LogP contribution is 2.38. The van der Waals surface area contributed by atoms with Gasteiger partial charge in [0.1, 0.15) is 0 Å². The molecule has 90 valence electrons. The Labute approximate surface area is 96.5 Å². The molecular formula is C12H19NO3. The van der Waals surface area contributed by atoms with Crippen molar-refractivity contribution in [2.75, 3.05) is 27.9 Å². The van der Waals surface area contributed by atoms with Crippen LogP contribution in [0.1, 0.15) is 12.5 Å². The summed E-state index contributed by atoms with van der Waals surface area (Å²) in [6, 6.07) is 3.90. The lowest BCUT2D eigenvalue weighted by atomic mass is 10.2. The quantitative estimate of drug-likeness (QED) is 0.801. The van der Waals surface area contributed by atoms with Crippen LogP contribution in [0, 0.1) is 0 Å². The Morgan fingerprint density at radius 1 is 1.00 bits per heavy atom. The normalized spacial score (nSPS) is 10.0. The zero-order valence-electron chi connectivity index (χ0n) is 10.3. The summed E-state index contributed by atoms with van der Waals surface area (Å²) in [7, 11) is 4.84. The molecule has 0 heterocycles. The lowest BCUT2D eigenvalue weighted by Gasteiger charge is -2.14. The first kappa shape index (κ1) is 12.6. The predicted octanol–water partition coefficient (Wildman–Crippen LogP) is 1.82. The van der Waals surface area contributed by atoms with Gasteiger partial charge in [0.25, 0.3) is 0 Å². The number of benzene rings is 1. The van der Waals surface area contributed by atoms with Crippen molar-refractivity contribution >= 4 is 0 Å². The highest BCUT2D eigenvalue weighted by molar-refractivity contribution is 5.53. The molecule has 0 spiro atoms. The number of hydrogen-bond donors (Lipinski definition) is 1. The largest absolute Gasteiger partial charge is 0.493 e. The van der Waals surface area contributed by atoms with E-state index in [0.29, 0.717) is 17.2 Å². The Balaban J connectivity index is 3.05. The molecule has 0 saturated heterocycles. The van der Waals surface area contributed by atoms with Gasteiger partial charge in [-0.25, -0.2) is 0 Å². The fourth-order valence-corrected chi connectivity index (χ4v) is 1.51. The lowest BCUT2D eigenvalue weighted by Crippen LogP contribution is -2.12. The Morgan fingerprint density at radius 2 is 1.56 bits per heavy atom. The fourth-order valence-electron chi connectivity index (χ4n) is 1.51. The van der Waals surface area contributed by atoms with Crippen molar-refractivity contribution < 1.29 is 14.2 Å². The van der Waals surface area contributed by atoms with Gasteiger partial charge in [-0.15, -0.1) is 0 Å². The minimum absolute atomic E-state index is 0.630. The maximum absolute atomic E-state index is 5.27. The summed E-state index contributed by atoms with van der Waals surface area (Å²) in [5, 5.41) is 3.25. The topological polar surface area (TPSA) is 39.7 Å². The molecule has 1 rings (SSSR count). The van der Waals surface area contributed by atoms with E-state index >= 15 is 0 Å². The van der Waals surface area contributed by atoms with E-state index in [1.54, 1.807) is 21.3 Å². The molecule has 16 heavy (non-hydrogen) atoms. The van der Waals surface area contributed by atoms with Gasteiger partial charge in [0, 0.05) is 6.54 Å². The number of methoxy groups -OCH3 is 3. The third-order valence-corrected chi connectivity index (χ3v) is 2.30. The van der Waals surface area contributed by atoms with Crippen LogP contribution in [0.15, 0.2) is 12.1 Å². The van der Waals surface area contributed by atoms with E-state index in [4.69, 9.17) is 14.2 Å². The first-order valence-corrected chi connectivity index (χ1v) is 5.26. The standard InChI is InChI=1S/C12H19NO3/c1-5-13-8-9-6-10(14-2)12(16-4)11(7-9)15-3/h6-7,13H,5,8H2,1-4H3. The molecule has 1 aromatic carbocycles. The zero-order chi connectivity index (χ0) is 12.0. The summed E-state index contributed by atoms with van der Waals surface area (Å²) in [5.41, 5.74) is 1.11. The Hall–Kier alpha value is -1.42. The molecule has 0 amide bonds. The number of hydrogen-bond acceptors (Lipinski definition) is 4. The fraction of sp³-hybridized carbons (Fsp3) is 0.500. The second-order valence-electron chi connectivity index (χ2n) is 3.31. The molecule has 0 aromatic heterocycles. The zero-order valence-corrected chi connectivity index (χ0v) is 10.3. The lowest BCUT2D eigenvalue weighted by molar-refractivity contribution is 0.323. The van der Waals surface area contributed by atoms with E-state index in [-0.39, 0.29) is 0 Å². The second kappa shape index (κ2) is 6.23. The first-order chi connectivity index (χ1) is 7.76. The van der Waals surface area contributed by atoms with Crippen LogP contribution in [0.3, 0.4) is 0 Å². The third-order valence-electron chi connectivity index (χ3n) is 2.30. The van der Waals surface area contributed by atoms with Crippen molar-refractivity contribution in [1.82, 2.24) is 5.32 Å². The molecule has 0 radical (unpaired) electrons. The van der Waals surface area contributed by atoms with Crippen LogP contribution < -0.4 is 19.5 Å². The molecule has 4 heteroatoms. The Kier molecular flexibility index (Phi) is 4.92. The minimum Gasteiger partial charge on any atom is -0.493 e. The maximum Gasteiger partial charge on any atom is 0.203 e. The number of rotatable bonds is 6. The molecule has 1 aromatic rings. The SMILES string of the molecule is CCNCc1cc(OC)c(OC)c(OC)c1. The highest BCUT2D eigenvalue weighted by atomic mass is 16.5. The van der Waals surface area contributed by atoms with Gasteiger partial charge in [-0.2, -0.15) is 0 Å². The molecule has 0 aliphatic heterocycles. The maximum atomic E-state index is 5.27. The van der Waals surface area contributed by atoms with Crippen molar-refractivity contribution in [1.29, 1.82) is 0 Å². The van der Waals surface area contributed by atoms with Crippen molar-refractivity contribution in [2.24, 2.45) is 0 Å². The van der Waals surface area contributed by atoms with E-state index in [2.05, 4.69) is 12.2 Å². The van der Waals surface area contributed by atoms with E-state index in [1.165, 1.54) is 0 Å². The van der Waals surface area contributed by atoms with Crippen LogP contribution >= 0.6 is 0 Å². The van der Waals surface area contributed by atoms with Crippen molar-refractivity contribution in [3.8, 4) is 17.2 Å². The van der Waals surface area contributed by atoms with E-state index in [9.17, 15) is 0 Å². The van der Waals surface area contributed by atoms with Crippen LogP contribution in [0.5, 0.6) is 17.2 Å². The molecule has 0 atom stereocenters. The average Bonchev–Trinajstić information content (AvgIpc) is 2.34. The molecule has 1 N–H and O–H groups in total. The third kappa shape index (κ3) is 2.79. The Morgan fingerprint density at radius 3 is 1.94 bits per heavy atom. The van der Waals surface area contributed by atoms with Crippen LogP contribution in [0.4, 0.5) is 0 Å². The van der Waals surface area contributed by atoms with Crippen molar-refractivity contribution in [3.05, 3.63) is 17.7 Å². The first-order valence-electron chi connectivity index (χ1n) is 5.26. The van der Waals surface area contributed by atoms with Crippen molar-refractivity contribution in [2.45, 2.75) is 13.5 Å². The number of nitrogens with one attached hydrogen (secondary N) is 1. The molecule has 0 fully saturated rings.